The van der Waals surface area contributed by atoms with Crippen LogP contribution in [0.4, 0.5) is 0 Å². The Bertz CT molecular complexity index is 1070. The second kappa shape index (κ2) is 17.8. The second-order valence-electron chi connectivity index (χ2n) is 10.4. The number of hydrogen-bond donors (Lipinski definition) is 2. The molecule has 3 atom stereocenters. The van der Waals surface area contributed by atoms with Crippen molar-refractivity contribution >= 4 is 17.8 Å². The molecule has 0 aliphatic rings. The van der Waals surface area contributed by atoms with Gasteiger partial charge in [-0.2, -0.15) is 0 Å². The number of aliphatic hydroxyl groups is 1. The van der Waals surface area contributed by atoms with Crippen LogP contribution in [-0.4, -0.2) is 53.6 Å². The standard InChI is InChI=1S/C33H44N2O5/c1-5-13-28(22-31(37)35(19-20-36)23-27-17-11-8-12-18-27)32(38)34-30(25(3)4)24-40-33(39)29(14-6-2)21-26-15-9-7-10-16-26/h5-12,15-18,25,28-30,36H,1-2,13-14,19-24H2,3-4H3,(H,34,38)/t28-,29-,30+/m0/s1. The largest absolute Gasteiger partial charge is 0.463 e. The maximum atomic E-state index is 13.3. The van der Waals surface area contributed by atoms with Gasteiger partial charge in [-0.1, -0.05) is 86.7 Å². The first-order valence-corrected chi connectivity index (χ1v) is 13.9. The van der Waals surface area contributed by atoms with E-state index in [2.05, 4.69) is 18.5 Å². The molecule has 40 heavy (non-hydrogen) atoms. The highest BCUT2D eigenvalue weighted by molar-refractivity contribution is 5.86. The number of allylic oxidation sites excluding steroid dienone is 2. The average molecular weight is 549 g/mol. The smallest absolute Gasteiger partial charge is 0.309 e. The normalized spacial score (nSPS) is 13.1. The molecule has 0 aromatic heterocycles. The molecule has 2 N–H and O–H groups in total. The second-order valence-corrected chi connectivity index (χ2v) is 10.4. The first-order chi connectivity index (χ1) is 19.3. The van der Waals surface area contributed by atoms with Gasteiger partial charge in [0.1, 0.15) is 6.61 Å². The Labute approximate surface area is 238 Å². The summed E-state index contributed by atoms with van der Waals surface area (Å²) in [6, 6.07) is 18.9. The van der Waals surface area contributed by atoms with E-state index >= 15 is 0 Å². The van der Waals surface area contributed by atoms with Crippen LogP contribution >= 0.6 is 0 Å². The van der Waals surface area contributed by atoms with E-state index in [9.17, 15) is 19.5 Å². The molecule has 0 unspecified atom stereocenters. The molecule has 0 spiro atoms. The van der Waals surface area contributed by atoms with Crippen molar-refractivity contribution in [2.24, 2.45) is 17.8 Å². The zero-order valence-electron chi connectivity index (χ0n) is 23.8. The summed E-state index contributed by atoms with van der Waals surface area (Å²) < 4.78 is 5.69. The summed E-state index contributed by atoms with van der Waals surface area (Å²) in [4.78, 5) is 41.0. The summed E-state index contributed by atoms with van der Waals surface area (Å²) >= 11 is 0. The van der Waals surface area contributed by atoms with E-state index in [-0.39, 0.29) is 55.8 Å². The molecular weight excluding hydrogens is 504 g/mol. The zero-order chi connectivity index (χ0) is 29.3. The molecule has 0 fully saturated rings. The number of carbonyl (C=O) groups is 3. The third-order valence-corrected chi connectivity index (χ3v) is 6.83. The van der Waals surface area contributed by atoms with Gasteiger partial charge in [-0.3, -0.25) is 14.4 Å². The predicted octanol–water partition coefficient (Wildman–Crippen LogP) is 4.71. The lowest BCUT2D eigenvalue weighted by atomic mass is 9.96. The van der Waals surface area contributed by atoms with Crippen LogP contribution in [-0.2, 0) is 32.1 Å². The molecule has 2 amide bonds. The number of nitrogens with one attached hydrogen (secondary N) is 1. The van der Waals surface area contributed by atoms with E-state index in [1.54, 1.807) is 17.1 Å². The van der Waals surface area contributed by atoms with Crippen molar-refractivity contribution in [2.75, 3.05) is 19.8 Å². The van der Waals surface area contributed by atoms with Gasteiger partial charge in [-0.15, -0.1) is 13.2 Å². The van der Waals surface area contributed by atoms with E-state index in [0.29, 0.717) is 25.8 Å². The Morgan fingerprint density at radius 2 is 1.50 bits per heavy atom. The molecule has 2 rings (SSSR count). The van der Waals surface area contributed by atoms with E-state index in [4.69, 9.17) is 4.74 Å². The van der Waals surface area contributed by atoms with Gasteiger partial charge in [0.2, 0.25) is 11.8 Å². The topological polar surface area (TPSA) is 95.9 Å². The highest BCUT2D eigenvalue weighted by atomic mass is 16.5. The summed E-state index contributed by atoms with van der Waals surface area (Å²) in [5.41, 5.74) is 1.98. The fourth-order valence-corrected chi connectivity index (χ4v) is 4.39. The molecule has 0 saturated heterocycles. The van der Waals surface area contributed by atoms with Gasteiger partial charge in [0.15, 0.2) is 0 Å². The maximum absolute atomic E-state index is 13.3. The van der Waals surface area contributed by atoms with E-state index in [0.717, 1.165) is 11.1 Å². The summed E-state index contributed by atoms with van der Waals surface area (Å²) in [7, 11) is 0. The van der Waals surface area contributed by atoms with Crippen molar-refractivity contribution in [2.45, 2.75) is 52.1 Å². The highest BCUT2D eigenvalue weighted by Crippen LogP contribution is 2.18. The molecule has 0 aliphatic carbocycles. The average Bonchev–Trinajstić information content (AvgIpc) is 2.95. The van der Waals surface area contributed by atoms with E-state index in [1.165, 1.54) is 0 Å². The third-order valence-electron chi connectivity index (χ3n) is 6.83. The van der Waals surface area contributed by atoms with Gasteiger partial charge in [0.05, 0.1) is 24.5 Å². The van der Waals surface area contributed by atoms with Crippen LogP contribution in [0.3, 0.4) is 0 Å². The molecular formula is C33H44N2O5. The minimum Gasteiger partial charge on any atom is -0.463 e. The van der Waals surface area contributed by atoms with Crippen molar-refractivity contribution < 1.29 is 24.2 Å². The molecule has 2 aromatic rings. The fourth-order valence-electron chi connectivity index (χ4n) is 4.39. The van der Waals surface area contributed by atoms with Crippen LogP contribution in [0.25, 0.3) is 0 Å². The Morgan fingerprint density at radius 1 is 0.925 bits per heavy atom. The third kappa shape index (κ3) is 11.2. The van der Waals surface area contributed by atoms with Gasteiger partial charge < -0.3 is 20.1 Å². The number of amides is 2. The van der Waals surface area contributed by atoms with Crippen molar-refractivity contribution in [1.29, 1.82) is 0 Å². The minimum absolute atomic E-state index is 0.00669. The molecule has 7 nitrogen and oxygen atoms in total. The molecule has 0 saturated carbocycles. The number of ether oxygens (including phenoxy) is 1. The monoisotopic (exact) mass is 548 g/mol. The van der Waals surface area contributed by atoms with Crippen molar-refractivity contribution in [3.8, 4) is 0 Å². The van der Waals surface area contributed by atoms with Crippen molar-refractivity contribution in [1.82, 2.24) is 10.2 Å². The Morgan fingerprint density at radius 3 is 2.05 bits per heavy atom. The van der Waals surface area contributed by atoms with Gasteiger partial charge in [-0.25, -0.2) is 0 Å². The van der Waals surface area contributed by atoms with Crippen LogP contribution in [0.1, 0.15) is 44.2 Å². The summed E-state index contributed by atoms with van der Waals surface area (Å²) in [6.07, 6.45) is 4.67. The number of benzene rings is 2. The van der Waals surface area contributed by atoms with E-state index < -0.39 is 12.0 Å². The Kier molecular flexibility index (Phi) is 14.5. The lowest BCUT2D eigenvalue weighted by molar-refractivity contribution is -0.150. The van der Waals surface area contributed by atoms with Crippen LogP contribution in [0.5, 0.6) is 0 Å². The molecule has 0 aliphatic heterocycles. The molecule has 7 heteroatoms. The Hall–Kier alpha value is -3.71. The van der Waals surface area contributed by atoms with Gasteiger partial charge in [0, 0.05) is 19.5 Å². The van der Waals surface area contributed by atoms with Crippen molar-refractivity contribution in [3.05, 3.63) is 97.1 Å². The Balaban J connectivity index is 2.02. The quantitative estimate of drug-likeness (QED) is 0.208. The maximum Gasteiger partial charge on any atom is 0.309 e. The van der Waals surface area contributed by atoms with Crippen LogP contribution in [0, 0.1) is 17.8 Å². The first kappa shape index (κ1) is 32.5. The number of rotatable bonds is 18. The van der Waals surface area contributed by atoms with Crippen molar-refractivity contribution in [3.63, 3.8) is 0 Å². The fraction of sp³-hybridized carbons (Fsp3) is 0.424. The molecule has 0 heterocycles. The number of esters is 1. The minimum atomic E-state index is -0.634. The lowest BCUT2D eigenvalue weighted by Gasteiger charge is -2.27. The van der Waals surface area contributed by atoms with Crippen LogP contribution in [0.2, 0.25) is 0 Å². The van der Waals surface area contributed by atoms with Gasteiger partial charge >= 0.3 is 5.97 Å². The summed E-state index contributed by atoms with van der Waals surface area (Å²) in [6.45, 7) is 11.8. The molecule has 0 bridgehead atoms. The summed E-state index contributed by atoms with van der Waals surface area (Å²) in [5, 5.41) is 12.5. The summed E-state index contributed by atoms with van der Waals surface area (Å²) in [5.74, 6) is -1.85. The number of aliphatic hydroxyl groups excluding tert-OH is 1. The first-order valence-electron chi connectivity index (χ1n) is 13.9. The molecule has 0 radical (unpaired) electrons. The highest BCUT2D eigenvalue weighted by Gasteiger charge is 2.28. The van der Waals surface area contributed by atoms with Gasteiger partial charge in [-0.05, 0) is 36.3 Å². The number of hydrogen-bond acceptors (Lipinski definition) is 5. The number of nitrogens with zero attached hydrogens (tertiary/aromatic N) is 1. The van der Waals surface area contributed by atoms with E-state index in [1.807, 2.05) is 74.5 Å². The SMILES string of the molecule is C=CC[C@@H](CC(=O)N(CCO)Cc1ccccc1)C(=O)N[C@H](COC(=O)[C@@H](CC=C)Cc1ccccc1)C(C)C. The van der Waals surface area contributed by atoms with Crippen LogP contribution in [0.15, 0.2) is 86.0 Å². The van der Waals surface area contributed by atoms with Crippen LogP contribution < -0.4 is 5.32 Å². The molecule has 2 aromatic carbocycles. The lowest BCUT2D eigenvalue weighted by Crippen LogP contribution is -2.46. The van der Waals surface area contributed by atoms with Gasteiger partial charge in [0.25, 0.3) is 0 Å². The number of carbonyl (C=O) groups excluding carboxylic acids is 3. The molecule has 216 valence electrons. The predicted molar refractivity (Wildman–Crippen MR) is 158 cm³/mol. The zero-order valence-corrected chi connectivity index (χ0v) is 23.8.